The highest BCUT2D eigenvalue weighted by Gasteiger charge is 2.24. The lowest BCUT2D eigenvalue weighted by atomic mass is 10.1. The van der Waals surface area contributed by atoms with E-state index in [0.29, 0.717) is 6.42 Å². The molecule has 0 saturated heterocycles. The van der Waals surface area contributed by atoms with Crippen molar-refractivity contribution in [3.8, 4) is 0 Å². The second-order valence-corrected chi connectivity index (χ2v) is 3.23. The highest BCUT2D eigenvalue weighted by atomic mass is 16.4. The van der Waals surface area contributed by atoms with Crippen molar-refractivity contribution in [1.82, 2.24) is 4.90 Å². The second kappa shape index (κ2) is 6.13. The Morgan fingerprint density at radius 3 is 1.73 bits per heavy atom. The summed E-state index contributed by atoms with van der Waals surface area (Å²) in [5.74, 6) is -2.51. The van der Waals surface area contributed by atoms with Crippen molar-refractivity contribution in [1.29, 1.82) is 0 Å². The van der Waals surface area contributed by atoms with Gasteiger partial charge in [-0.25, -0.2) is 0 Å². The van der Waals surface area contributed by atoms with Crippen molar-refractivity contribution in [2.75, 3.05) is 13.1 Å². The van der Waals surface area contributed by atoms with Gasteiger partial charge in [0.05, 0.1) is 19.1 Å². The van der Waals surface area contributed by atoms with Crippen molar-refractivity contribution in [2.45, 2.75) is 26.3 Å². The van der Waals surface area contributed by atoms with Crippen LogP contribution in [0.1, 0.15) is 20.3 Å². The predicted octanol–water partition coefficient (Wildman–Crippen LogP) is -0.175. The maximum Gasteiger partial charge on any atom is 0.317 e. The van der Waals surface area contributed by atoms with E-state index >= 15 is 0 Å². The van der Waals surface area contributed by atoms with Gasteiger partial charge in [-0.3, -0.25) is 19.3 Å². The topological polar surface area (TPSA) is 94.9 Å². The molecule has 0 aromatic heterocycles. The first-order valence-corrected chi connectivity index (χ1v) is 4.56. The number of carboxylic acids is 2. The summed E-state index contributed by atoms with van der Waals surface area (Å²) in [6, 6.07) is -0.641. The first-order chi connectivity index (χ1) is 6.88. The summed E-state index contributed by atoms with van der Waals surface area (Å²) in [6.45, 7) is 2.16. The van der Waals surface area contributed by atoms with Crippen molar-refractivity contribution in [2.24, 2.45) is 0 Å². The molecule has 0 bridgehead atoms. The van der Waals surface area contributed by atoms with E-state index in [-0.39, 0.29) is 5.78 Å². The fourth-order valence-corrected chi connectivity index (χ4v) is 1.43. The quantitative estimate of drug-likeness (QED) is 0.614. The molecule has 6 heteroatoms. The smallest absolute Gasteiger partial charge is 0.317 e. The molecule has 0 aromatic carbocycles. The van der Waals surface area contributed by atoms with E-state index in [1.165, 1.54) is 6.92 Å². The van der Waals surface area contributed by atoms with Gasteiger partial charge < -0.3 is 10.2 Å². The third-order valence-corrected chi connectivity index (χ3v) is 1.97. The van der Waals surface area contributed by atoms with E-state index in [0.717, 1.165) is 4.90 Å². The van der Waals surface area contributed by atoms with Crippen LogP contribution in [-0.4, -0.2) is 52.0 Å². The molecule has 0 saturated carbocycles. The van der Waals surface area contributed by atoms with Crippen LogP contribution in [-0.2, 0) is 14.4 Å². The number of carboxylic acid groups (broad SMARTS) is 2. The van der Waals surface area contributed by atoms with Crippen LogP contribution in [0.3, 0.4) is 0 Å². The Morgan fingerprint density at radius 2 is 1.53 bits per heavy atom. The molecule has 0 heterocycles. The highest BCUT2D eigenvalue weighted by molar-refractivity contribution is 5.83. The predicted molar refractivity (Wildman–Crippen MR) is 51.6 cm³/mol. The van der Waals surface area contributed by atoms with Crippen molar-refractivity contribution in [3.63, 3.8) is 0 Å². The van der Waals surface area contributed by atoms with Gasteiger partial charge in [-0.15, -0.1) is 0 Å². The Hall–Kier alpha value is -1.43. The Kier molecular flexibility index (Phi) is 5.54. The number of nitrogens with zero attached hydrogens (tertiary/aromatic N) is 1. The SMILES string of the molecule is CC[C@H](C(C)=O)N(CC(=O)O)CC(=O)O. The summed E-state index contributed by atoms with van der Waals surface area (Å²) >= 11 is 0. The molecule has 1 atom stereocenters. The average Bonchev–Trinajstić information content (AvgIpc) is 2.01. The summed E-state index contributed by atoms with van der Waals surface area (Å²) in [5.41, 5.74) is 0. The third-order valence-electron chi connectivity index (χ3n) is 1.97. The molecule has 0 rings (SSSR count). The molecule has 2 N–H and O–H groups in total. The van der Waals surface area contributed by atoms with Crippen LogP contribution >= 0.6 is 0 Å². The van der Waals surface area contributed by atoms with Gasteiger partial charge in [0.15, 0.2) is 0 Å². The lowest BCUT2D eigenvalue weighted by Gasteiger charge is -2.25. The van der Waals surface area contributed by atoms with Gasteiger partial charge in [0.25, 0.3) is 0 Å². The fraction of sp³-hybridized carbons (Fsp3) is 0.667. The molecule has 0 aliphatic rings. The molecule has 0 aromatic rings. The largest absolute Gasteiger partial charge is 0.480 e. The zero-order valence-corrected chi connectivity index (χ0v) is 8.77. The Bertz CT molecular complexity index is 247. The van der Waals surface area contributed by atoms with E-state index in [4.69, 9.17) is 10.2 Å². The van der Waals surface area contributed by atoms with E-state index < -0.39 is 31.1 Å². The minimum atomic E-state index is -1.14. The molecule has 0 spiro atoms. The third kappa shape index (κ3) is 5.11. The number of rotatable bonds is 7. The first kappa shape index (κ1) is 13.6. The molecule has 0 fully saturated rings. The molecular weight excluding hydrogens is 202 g/mol. The molecule has 0 aliphatic heterocycles. The van der Waals surface area contributed by atoms with E-state index in [2.05, 4.69) is 0 Å². The molecule has 0 radical (unpaired) electrons. The standard InChI is InChI=1S/C9H15NO5/c1-3-7(6(2)11)10(4-8(12)13)5-9(14)15/h7H,3-5H2,1-2H3,(H,12,13)(H,14,15)/t7-/m1/s1. The Morgan fingerprint density at radius 1 is 1.13 bits per heavy atom. The average molecular weight is 217 g/mol. The maximum atomic E-state index is 11.2. The van der Waals surface area contributed by atoms with Crippen molar-refractivity contribution >= 4 is 17.7 Å². The number of hydrogen-bond donors (Lipinski definition) is 2. The minimum absolute atomic E-state index is 0.222. The summed E-state index contributed by atoms with van der Waals surface area (Å²) in [5, 5.41) is 17.2. The van der Waals surface area contributed by atoms with Crippen LogP contribution < -0.4 is 0 Å². The number of carbonyl (C=O) groups is 3. The van der Waals surface area contributed by atoms with Crippen molar-refractivity contribution < 1.29 is 24.6 Å². The van der Waals surface area contributed by atoms with Gasteiger partial charge in [-0.05, 0) is 13.3 Å². The van der Waals surface area contributed by atoms with Gasteiger partial charge >= 0.3 is 11.9 Å². The van der Waals surface area contributed by atoms with Crippen LogP contribution in [0.25, 0.3) is 0 Å². The minimum Gasteiger partial charge on any atom is -0.480 e. The van der Waals surface area contributed by atoms with Gasteiger partial charge in [0, 0.05) is 0 Å². The lowest BCUT2D eigenvalue weighted by molar-refractivity contribution is -0.143. The van der Waals surface area contributed by atoms with Gasteiger partial charge in [-0.1, -0.05) is 6.92 Å². The summed E-state index contributed by atoms with van der Waals surface area (Å²) < 4.78 is 0. The van der Waals surface area contributed by atoms with E-state index in [9.17, 15) is 14.4 Å². The highest BCUT2D eigenvalue weighted by Crippen LogP contribution is 2.05. The van der Waals surface area contributed by atoms with Gasteiger partial charge in [-0.2, -0.15) is 0 Å². The Balaban J connectivity index is 4.64. The molecular formula is C9H15NO5. The maximum absolute atomic E-state index is 11.2. The molecule has 86 valence electrons. The van der Waals surface area contributed by atoms with Crippen LogP contribution in [0.4, 0.5) is 0 Å². The van der Waals surface area contributed by atoms with Crippen LogP contribution in [0.15, 0.2) is 0 Å². The van der Waals surface area contributed by atoms with Gasteiger partial charge in [0.1, 0.15) is 5.78 Å². The monoisotopic (exact) mass is 217 g/mol. The number of carbonyl (C=O) groups excluding carboxylic acids is 1. The van der Waals surface area contributed by atoms with Gasteiger partial charge in [0.2, 0.25) is 0 Å². The first-order valence-electron chi connectivity index (χ1n) is 4.56. The summed E-state index contributed by atoms with van der Waals surface area (Å²) in [6.07, 6.45) is 0.399. The van der Waals surface area contributed by atoms with Crippen LogP contribution in [0.5, 0.6) is 0 Å². The number of hydrogen-bond acceptors (Lipinski definition) is 4. The summed E-state index contributed by atoms with van der Waals surface area (Å²) in [4.78, 5) is 33.3. The number of ketones is 1. The number of aliphatic carboxylic acids is 2. The molecule has 0 aliphatic carbocycles. The van der Waals surface area contributed by atoms with Crippen molar-refractivity contribution in [3.05, 3.63) is 0 Å². The summed E-state index contributed by atoms with van der Waals surface area (Å²) in [7, 11) is 0. The zero-order chi connectivity index (χ0) is 12.0. The van der Waals surface area contributed by atoms with Crippen LogP contribution in [0.2, 0.25) is 0 Å². The lowest BCUT2D eigenvalue weighted by Crippen LogP contribution is -2.45. The fourth-order valence-electron chi connectivity index (χ4n) is 1.43. The molecule has 15 heavy (non-hydrogen) atoms. The number of Topliss-reactive ketones (excluding diaryl/α,β-unsaturated/α-hetero) is 1. The Labute approximate surface area is 87.5 Å². The van der Waals surface area contributed by atoms with Crippen LogP contribution in [0, 0.1) is 0 Å². The molecule has 0 amide bonds. The van der Waals surface area contributed by atoms with E-state index in [1.807, 2.05) is 0 Å². The zero-order valence-electron chi connectivity index (χ0n) is 8.77. The molecule has 6 nitrogen and oxygen atoms in total. The van der Waals surface area contributed by atoms with E-state index in [1.54, 1.807) is 6.92 Å². The molecule has 0 unspecified atom stereocenters. The normalized spacial score (nSPS) is 12.5. The second-order valence-electron chi connectivity index (χ2n) is 3.23.